The molecule has 3 aromatic carbocycles. The fourth-order valence-corrected chi connectivity index (χ4v) is 5.00. The number of ether oxygens (including phenoxy) is 2. The van der Waals surface area contributed by atoms with Crippen LogP contribution in [0.15, 0.2) is 66.7 Å². The molecule has 1 aliphatic carbocycles. The maximum absolute atomic E-state index is 13.7. The number of urea groups is 1. The highest BCUT2D eigenvalue weighted by Gasteiger charge is 2.58. The average molecular weight is 547 g/mol. The molecule has 5 amide bonds. The van der Waals surface area contributed by atoms with Crippen molar-refractivity contribution in [1.82, 2.24) is 10.2 Å². The Morgan fingerprint density at radius 2 is 1.80 bits per heavy atom. The lowest BCUT2D eigenvalue weighted by Crippen LogP contribution is -2.44. The number of anilines is 2. The second-order valence-electron chi connectivity index (χ2n) is 9.47. The first kappa shape index (κ1) is 26.7. The number of carbonyl (C=O) groups is 4. The van der Waals surface area contributed by atoms with Gasteiger partial charge in [0.15, 0.2) is 0 Å². The summed E-state index contributed by atoms with van der Waals surface area (Å²) in [4.78, 5) is 54.2. The predicted octanol–water partition coefficient (Wildman–Crippen LogP) is 3.94. The van der Waals surface area contributed by atoms with Gasteiger partial charge in [-0.3, -0.25) is 9.59 Å². The van der Waals surface area contributed by atoms with Gasteiger partial charge < -0.3 is 25.0 Å². The van der Waals surface area contributed by atoms with Crippen molar-refractivity contribution in [1.29, 1.82) is 0 Å². The van der Waals surface area contributed by atoms with Crippen LogP contribution in [0.1, 0.15) is 23.1 Å². The number of benzene rings is 3. The number of hydrogen-bond acceptors (Lipinski definition) is 6. The smallest absolute Gasteiger partial charge is 0.418 e. The average Bonchev–Trinajstić information content (AvgIpc) is 3.44. The van der Waals surface area contributed by atoms with Crippen molar-refractivity contribution in [3.8, 4) is 5.75 Å². The van der Waals surface area contributed by atoms with Gasteiger partial charge in [0.1, 0.15) is 18.1 Å². The van der Waals surface area contributed by atoms with Crippen LogP contribution in [0.2, 0.25) is 0 Å². The largest absolute Gasteiger partial charge is 0.497 e. The molecule has 40 heavy (non-hydrogen) atoms. The highest BCUT2D eigenvalue weighted by Crippen LogP contribution is 2.46. The summed E-state index contributed by atoms with van der Waals surface area (Å²) >= 11 is 0. The van der Waals surface area contributed by atoms with Crippen LogP contribution < -0.4 is 20.3 Å². The summed E-state index contributed by atoms with van der Waals surface area (Å²) < 4.78 is 24.3. The van der Waals surface area contributed by atoms with E-state index in [1.807, 2.05) is 0 Å². The quantitative estimate of drug-likeness (QED) is 0.464. The molecule has 2 N–H and O–H groups in total. The van der Waals surface area contributed by atoms with Gasteiger partial charge in [0.2, 0.25) is 11.5 Å². The molecule has 1 atom stereocenters. The molecule has 10 nitrogen and oxygen atoms in total. The van der Waals surface area contributed by atoms with Crippen LogP contribution in [0.3, 0.4) is 0 Å². The van der Waals surface area contributed by atoms with Gasteiger partial charge in [-0.15, -0.1) is 0 Å². The number of hydrogen-bond donors (Lipinski definition) is 2. The number of rotatable bonds is 7. The Kier molecular flexibility index (Phi) is 7.12. The number of fused-ring (bicyclic) bond motifs is 2. The number of methoxy groups -OCH3 is 1. The Bertz CT molecular complexity index is 1480. The number of aryl methyl sites for hydroxylation is 1. The Hall–Kier alpha value is -4.93. The minimum Gasteiger partial charge on any atom is -0.497 e. The molecular formula is C29H27FN4O6. The Balaban J connectivity index is 1.39. The maximum atomic E-state index is 13.7. The normalized spacial score (nSPS) is 17.4. The van der Waals surface area contributed by atoms with Crippen LogP contribution in [0, 0.1) is 5.82 Å². The number of amides is 5. The van der Waals surface area contributed by atoms with Crippen molar-refractivity contribution in [3.63, 3.8) is 0 Å². The van der Waals surface area contributed by atoms with E-state index < -0.39 is 35.9 Å². The molecule has 1 saturated heterocycles. The molecular weight excluding hydrogens is 519 g/mol. The predicted molar refractivity (Wildman–Crippen MR) is 143 cm³/mol. The number of carbonyl (C=O) groups excluding carboxylic acids is 4. The zero-order valence-electron chi connectivity index (χ0n) is 21.9. The molecule has 206 valence electrons. The second kappa shape index (κ2) is 10.7. The molecule has 0 unspecified atom stereocenters. The van der Waals surface area contributed by atoms with E-state index in [1.165, 1.54) is 31.2 Å². The molecule has 0 aromatic heterocycles. The van der Waals surface area contributed by atoms with Crippen LogP contribution in [0.5, 0.6) is 5.75 Å². The Morgan fingerprint density at radius 3 is 2.48 bits per heavy atom. The van der Waals surface area contributed by atoms with Gasteiger partial charge in [-0.1, -0.05) is 18.2 Å². The number of nitrogens with one attached hydrogen (secondary N) is 2. The van der Waals surface area contributed by atoms with Crippen LogP contribution in [-0.2, 0) is 32.9 Å². The third-order valence-electron chi connectivity index (χ3n) is 7.08. The first-order valence-corrected chi connectivity index (χ1v) is 12.6. The fraction of sp³-hybridized carbons (Fsp3) is 0.241. The summed E-state index contributed by atoms with van der Waals surface area (Å²) in [5, 5.41) is 5.15. The molecule has 2 aliphatic rings. The van der Waals surface area contributed by atoms with Gasteiger partial charge in [0.05, 0.1) is 13.7 Å². The fourth-order valence-electron chi connectivity index (χ4n) is 5.00. The number of imide groups is 1. The molecule has 3 aromatic rings. The summed E-state index contributed by atoms with van der Waals surface area (Å²) in [6.07, 6.45) is -0.240. The zero-order valence-corrected chi connectivity index (χ0v) is 21.9. The molecule has 0 radical (unpaired) electrons. The minimum atomic E-state index is -1.53. The molecule has 0 bridgehead atoms. The van der Waals surface area contributed by atoms with Gasteiger partial charge in [0, 0.05) is 30.4 Å². The zero-order chi connectivity index (χ0) is 28.4. The van der Waals surface area contributed by atoms with E-state index in [2.05, 4.69) is 10.6 Å². The van der Waals surface area contributed by atoms with E-state index in [9.17, 15) is 23.6 Å². The Labute approximate surface area is 229 Å². The third kappa shape index (κ3) is 4.93. The summed E-state index contributed by atoms with van der Waals surface area (Å²) in [5.74, 6) is -0.963. The van der Waals surface area contributed by atoms with Gasteiger partial charge >= 0.3 is 12.1 Å². The highest BCUT2D eigenvalue weighted by molar-refractivity contribution is 6.08. The van der Waals surface area contributed by atoms with Crippen LogP contribution in [-0.4, -0.2) is 49.5 Å². The van der Waals surface area contributed by atoms with Crippen LogP contribution in [0.25, 0.3) is 0 Å². The van der Waals surface area contributed by atoms with E-state index in [0.717, 1.165) is 10.5 Å². The van der Waals surface area contributed by atoms with E-state index in [4.69, 9.17) is 9.47 Å². The number of halogens is 1. The molecule has 0 saturated carbocycles. The molecule has 11 heteroatoms. The third-order valence-corrected chi connectivity index (χ3v) is 7.08. The van der Waals surface area contributed by atoms with Gasteiger partial charge in [-0.25, -0.2) is 18.9 Å². The SMILES string of the molecule is CNC(=O)Nc1ccc2c(c1)CC[C@@]21OC(=O)N(CC(=O)N(Cc2ccc(F)cc2)c2ccc(OC)cc2)C1=O. The molecule has 1 fully saturated rings. The summed E-state index contributed by atoms with van der Waals surface area (Å²) in [7, 11) is 3.02. The molecule has 1 heterocycles. The topological polar surface area (TPSA) is 117 Å². The first-order chi connectivity index (χ1) is 19.2. The van der Waals surface area contributed by atoms with Crippen molar-refractivity contribution >= 4 is 35.3 Å². The summed E-state index contributed by atoms with van der Waals surface area (Å²) in [5.41, 5.74) is 1.46. The minimum absolute atomic E-state index is 0.0810. The first-order valence-electron chi connectivity index (χ1n) is 12.6. The molecule has 1 spiro atoms. The van der Waals surface area contributed by atoms with Gasteiger partial charge in [-0.05, 0) is 66.1 Å². The Morgan fingerprint density at radius 1 is 1.07 bits per heavy atom. The monoisotopic (exact) mass is 546 g/mol. The van der Waals surface area contributed by atoms with Crippen molar-refractivity contribution in [3.05, 3.63) is 89.2 Å². The lowest BCUT2D eigenvalue weighted by molar-refractivity contribution is -0.139. The van der Waals surface area contributed by atoms with E-state index >= 15 is 0 Å². The van der Waals surface area contributed by atoms with Crippen molar-refractivity contribution in [2.75, 3.05) is 30.9 Å². The van der Waals surface area contributed by atoms with E-state index in [1.54, 1.807) is 54.6 Å². The number of nitrogens with zero attached hydrogens (tertiary/aromatic N) is 2. The van der Waals surface area contributed by atoms with Gasteiger partial charge in [0.25, 0.3) is 5.91 Å². The summed E-state index contributed by atoms with van der Waals surface area (Å²) in [6, 6.07) is 17.1. The van der Waals surface area contributed by atoms with Gasteiger partial charge in [-0.2, -0.15) is 0 Å². The summed E-state index contributed by atoms with van der Waals surface area (Å²) in [6.45, 7) is -0.462. The van der Waals surface area contributed by atoms with Crippen molar-refractivity contribution in [2.45, 2.75) is 25.0 Å². The van der Waals surface area contributed by atoms with E-state index in [-0.39, 0.29) is 19.0 Å². The standard InChI is InChI=1S/C29H27FN4O6/c1-31-27(37)32-21-7-12-24-19(15-21)13-14-29(24)26(36)34(28(38)40-29)17-25(35)33(16-18-3-5-20(30)6-4-18)22-8-10-23(39-2)11-9-22/h3-12,15H,13-14,16-17H2,1-2H3,(H2,31,32,37)/t29-/m1/s1. The van der Waals surface area contributed by atoms with Crippen LogP contribution >= 0.6 is 0 Å². The van der Waals surface area contributed by atoms with Crippen molar-refractivity contribution in [2.24, 2.45) is 0 Å². The second-order valence-corrected chi connectivity index (χ2v) is 9.47. The maximum Gasteiger partial charge on any atom is 0.418 e. The van der Waals surface area contributed by atoms with E-state index in [0.29, 0.717) is 34.7 Å². The highest BCUT2D eigenvalue weighted by atomic mass is 19.1. The molecule has 5 rings (SSSR count). The lowest BCUT2D eigenvalue weighted by Gasteiger charge is -2.25. The van der Waals surface area contributed by atoms with Crippen molar-refractivity contribution < 1.29 is 33.0 Å². The lowest BCUT2D eigenvalue weighted by atomic mass is 9.94. The molecule has 1 aliphatic heterocycles. The van der Waals surface area contributed by atoms with Crippen LogP contribution in [0.4, 0.5) is 25.4 Å².